The summed E-state index contributed by atoms with van der Waals surface area (Å²) >= 11 is 0. The fraction of sp³-hybridized carbons (Fsp3) is 0.643. The van der Waals surface area contributed by atoms with Gasteiger partial charge in [-0.3, -0.25) is 0 Å². The Kier molecular flexibility index (Phi) is 3.02. The van der Waals surface area contributed by atoms with E-state index in [1.54, 1.807) is 0 Å². The highest BCUT2D eigenvalue weighted by Gasteiger charge is 2.34. The van der Waals surface area contributed by atoms with E-state index in [-0.39, 0.29) is 0 Å². The van der Waals surface area contributed by atoms with E-state index in [9.17, 15) is 0 Å². The quantitative estimate of drug-likeness (QED) is 0.813. The van der Waals surface area contributed by atoms with Crippen molar-refractivity contribution in [1.29, 1.82) is 0 Å². The summed E-state index contributed by atoms with van der Waals surface area (Å²) < 4.78 is 0. The van der Waals surface area contributed by atoms with Gasteiger partial charge in [0.1, 0.15) is 5.82 Å². The van der Waals surface area contributed by atoms with Crippen LogP contribution in [0.4, 0.5) is 5.82 Å². The van der Waals surface area contributed by atoms with Crippen LogP contribution in [-0.4, -0.2) is 24.6 Å². The summed E-state index contributed by atoms with van der Waals surface area (Å²) in [6.07, 6.45) is 7.55. The van der Waals surface area contributed by atoms with Crippen molar-refractivity contribution in [2.75, 3.05) is 18.5 Å². The lowest BCUT2D eigenvalue weighted by molar-refractivity contribution is 0.707. The van der Waals surface area contributed by atoms with Crippen LogP contribution in [0.15, 0.2) is 18.3 Å². The van der Waals surface area contributed by atoms with Gasteiger partial charge in [-0.1, -0.05) is 6.07 Å². The minimum atomic E-state index is 0.776. The summed E-state index contributed by atoms with van der Waals surface area (Å²) in [5, 5.41) is 3.16. The zero-order valence-electron chi connectivity index (χ0n) is 10.5. The molecule has 0 aliphatic heterocycles. The molecule has 17 heavy (non-hydrogen) atoms. The first-order valence-electron chi connectivity index (χ1n) is 6.73. The largest absolute Gasteiger partial charge is 0.353 e. The second kappa shape index (κ2) is 4.65. The zero-order chi connectivity index (χ0) is 11.7. The van der Waals surface area contributed by atoms with Crippen LogP contribution in [0.25, 0.3) is 0 Å². The molecule has 0 bridgehead atoms. The second-order valence-corrected chi connectivity index (χ2v) is 5.38. The highest BCUT2D eigenvalue weighted by atomic mass is 15.2. The van der Waals surface area contributed by atoms with Crippen LogP contribution in [0.1, 0.15) is 31.2 Å². The first-order chi connectivity index (χ1) is 8.36. The van der Waals surface area contributed by atoms with Gasteiger partial charge in [0.15, 0.2) is 0 Å². The Bertz CT molecular complexity index is 366. The van der Waals surface area contributed by atoms with E-state index < -0.39 is 0 Å². The van der Waals surface area contributed by atoms with E-state index in [1.807, 2.05) is 13.2 Å². The number of nitrogens with zero attached hydrogens (tertiary/aromatic N) is 2. The van der Waals surface area contributed by atoms with Gasteiger partial charge < -0.3 is 10.2 Å². The van der Waals surface area contributed by atoms with Crippen LogP contribution in [0, 0.1) is 5.92 Å². The van der Waals surface area contributed by atoms with Gasteiger partial charge in [0, 0.05) is 25.3 Å². The van der Waals surface area contributed by atoms with E-state index in [1.165, 1.54) is 43.6 Å². The summed E-state index contributed by atoms with van der Waals surface area (Å²) in [6, 6.07) is 5.16. The average molecular weight is 231 g/mol. The summed E-state index contributed by atoms with van der Waals surface area (Å²) in [6.45, 7) is 2.13. The lowest BCUT2D eigenvalue weighted by atomic mass is 10.2. The molecular weight excluding hydrogens is 210 g/mol. The number of anilines is 1. The van der Waals surface area contributed by atoms with Gasteiger partial charge in [-0.05, 0) is 50.3 Å². The third kappa shape index (κ3) is 2.78. The van der Waals surface area contributed by atoms with E-state index in [0.29, 0.717) is 0 Å². The summed E-state index contributed by atoms with van der Waals surface area (Å²) in [7, 11) is 1.97. The third-order valence-electron chi connectivity index (χ3n) is 3.62. The van der Waals surface area contributed by atoms with Crippen molar-refractivity contribution in [2.45, 2.75) is 38.3 Å². The molecule has 2 aliphatic carbocycles. The Hall–Kier alpha value is -1.09. The molecule has 1 N–H and O–H groups in total. The van der Waals surface area contributed by atoms with Crippen molar-refractivity contribution in [1.82, 2.24) is 10.3 Å². The maximum Gasteiger partial charge on any atom is 0.128 e. The summed E-state index contributed by atoms with van der Waals surface area (Å²) in [4.78, 5) is 7.15. The smallest absolute Gasteiger partial charge is 0.128 e. The van der Waals surface area contributed by atoms with Crippen molar-refractivity contribution in [3.63, 3.8) is 0 Å². The Labute approximate surface area is 103 Å². The van der Waals surface area contributed by atoms with Crippen LogP contribution in [-0.2, 0) is 6.54 Å². The molecule has 3 rings (SSSR count). The van der Waals surface area contributed by atoms with Crippen molar-refractivity contribution in [2.24, 2.45) is 5.92 Å². The average Bonchev–Trinajstić information content (AvgIpc) is 3.21. The zero-order valence-corrected chi connectivity index (χ0v) is 10.5. The monoisotopic (exact) mass is 231 g/mol. The Balaban J connectivity index is 1.70. The van der Waals surface area contributed by atoms with Crippen molar-refractivity contribution < 1.29 is 0 Å². The number of hydrogen-bond acceptors (Lipinski definition) is 3. The first kappa shape index (κ1) is 11.0. The maximum absolute atomic E-state index is 4.63. The number of pyridine rings is 1. The highest BCUT2D eigenvalue weighted by molar-refractivity contribution is 5.42. The predicted molar refractivity (Wildman–Crippen MR) is 70.1 cm³/mol. The van der Waals surface area contributed by atoms with Crippen LogP contribution >= 0.6 is 0 Å². The molecule has 0 amide bonds. The Morgan fingerprint density at radius 3 is 2.65 bits per heavy atom. The third-order valence-corrected chi connectivity index (χ3v) is 3.62. The van der Waals surface area contributed by atoms with Crippen molar-refractivity contribution in [3.05, 3.63) is 23.9 Å². The number of rotatable bonds is 6. The van der Waals surface area contributed by atoms with Gasteiger partial charge in [-0.2, -0.15) is 0 Å². The second-order valence-electron chi connectivity index (χ2n) is 5.38. The predicted octanol–water partition coefficient (Wildman–Crippen LogP) is 2.18. The van der Waals surface area contributed by atoms with Crippen LogP contribution in [0.2, 0.25) is 0 Å². The first-order valence-corrected chi connectivity index (χ1v) is 6.73. The molecule has 0 atom stereocenters. The molecule has 1 heterocycles. The van der Waals surface area contributed by atoms with Crippen LogP contribution in [0.5, 0.6) is 0 Å². The van der Waals surface area contributed by atoms with Gasteiger partial charge in [-0.15, -0.1) is 0 Å². The molecule has 1 aromatic heterocycles. The molecular formula is C14H21N3. The standard InChI is InChI=1S/C14H21N3/c1-15-8-12-4-7-14(16-9-12)17(13-5-6-13)10-11-2-3-11/h4,7,9,11,13,15H,2-3,5-6,8,10H2,1H3. The lowest BCUT2D eigenvalue weighted by Crippen LogP contribution is -2.28. The highest BCUT2D eigenvalue weighted by Crippen LogP contribution is 2.36. The fourth-order valence-electron chi connectivity index (χ4n) is 2.29. The van der Waals surface area contributed by atoms with Gasteiger partial charge in [0.05, 0.1) is 0 Å². The molecule has 92 valence electrons. The Morgan fingerprint density at radius 1 is 1.29 bits per heavy atom. The molecule has 2 aliphatic rings. The fourth-order valence-corrected chi connectivity index (χ4v) is 2.29. The normalized spacial score (nSPS) is 19.4. The minimum Gasteiger partial charge on any atom is -0.353 e. The van der Waals surface area contributed by atoms with E-state index in [0.717, 1.165) is 18.5 Å². The molecule has 0 unspecified atom stereocenters. The molecule has 0 saturated heterocycles. The van der Waals surface area contributed by atoms with Crippen LogP contribution < -0.4 is 10.2 Å². The van der Waals surface area contributed by atoms with E-state index in [4.69, 9.17) is 0 Å². The molecule has 0 radical (unpaired) electrons. The molecule has 3 heteroatoms. The molecule has 2 fully saturated rings. The molecule has 3 nitrogen and oxygen atoms in total. The van der Waals surface area contributed by atoms with E-state index >= 15 is 0 Å². The maximum atomic E-state index is 4.63. The lowest BCUT2D eigenvalue weighted by Gasteiger charge is -2.23. The molecule has 0 aromatic carbocycles. The van der Waals surface area contributed by atoms with Crippen LogP contribution in [0.3, 0.4) is 0 Å². The van der Waals surface area contributed by atoms with Gasteiger partial charge in [0.25, 0.3) is 0 Å². The molecule has 2 saturated carbocycles. The summed E-state index contributed by atoms with van der Waals surface area (Å²) in [5.41, 5.74) is 1.26. The van der Waals surface area contributed by atoms with Gasteiger partial charge >= 0.3 is 0 Å². The van der Waals surface area contributed by atoms with Crippen molar-refractivity contribution in [3.8, 4) is 0 Å². The number of aromatic nitrogens is 1. The topological polar surface area (TPSA) is 28.2 Å². The van der Waals surface area contributed by atoms with E-state index in [2.05, 4.69) is 27.3 Å². The number of hydrogen-bond donors (Lipinski definition) is 1. The Morgan fingerprint density at radius 2 is 2.12 bits per heavy atom. The van der Waals surface area contributed by atoms with Crippen molar-refractivity contribution >= 4 is 5.82 Å². The summed E-state index contributed by atoms with van der Waals surface area (Å²) in [5.74, 6) is 2.12. The molecule has 0 spiro atoms. The number of nitrogens with one attached hydrogen (secondary N) is 1. The minimum absolute atomic E-state index is 0.776. The SMILES string of the molecule is CNCc1ccc(N(CC2CC2)C2CC2)nc1. The molecule has 1 aromatic rings. The van der Waals surface area contributed by atoms with Gasteiger partial charge in [0.2, 0.25) is 0 Å². The van der Waals surface area contributed by atoms with Gasteiger partial charge in [-0.25, -0.2) is 4.98 Å².